The summed E-state index contributed by atoms with van der Waals surface area (Å²) < 4.78 is 34.3. The Morgan fingerprint density at radius 2 is 1.78 bits per heavy atom. The molecule has 0 bridgehead atoms. The number of nitrogens with two attached hydrogens (primary N) is 1. The molecule has 2 atom stereocenters. The van der Waals surface area contributed by atoms with Crippen molar-refractivity contribution in [1.82, 2.24) is 0 Å². The molecule has 0 aromatic heterocycles. The zero-order chi connectivity index (χ0) is 20.0. The van der Waals surface area contributed by atoms with Crippen molar-refractivity contribution in [3.05, 3.63) is 59.7 Å². The van der Waals surface area contributed by atoms with Crippen LogP contribution in [-0.2, 0) is 9.53 Å². The van der Waals surface area contributed by atoms with Gasteiger partial charge in [-0.05, 0) is 23.8 Å². The summed E-state index contributed by atoms with van der Waals surface area (Å²) in [6.07, 6.45) is 0. The molecule has 2 aromatic rings. The van der Waals surface area contributed by atoms with Crippen LogP contribution in [-0.4, -0.2) is 25.6 Å². The van der Waals surface area contributed by atoms with E-state index in [0.29, 0.717) is 0 Å². The topological polar surface area (TPSA) is 90.7 Å². The zero-order valence-corrected chi connectivity index (χ0v) is 14.8. The Bertz CT molecular complexity index is 800. The summed E-state index contributed by atoms with van der Waals surface area (Å²) in [6, 6.07) is 12.2. The molecule has 1 amide bonds. The first kappa shape index (κ1) is 20.3. The number of carbonyl (C=O) groups is 2. The summed E-state index contributed by atoms with van der Waals surface area (Å²) in [4.78, 5) is 24.1. The van der Waals surface area contributed by atoms with E-state index in [0.717, 1.165) is 18.7 Å². The van der Waals surface area contributed by atoms with E-state index in [1.54, 1.807) is 31.2 Å². The highest BCUT2D eigenvalue weighted by molar-refractivity contribution is 5.96. The number of benzene rings is 2. The van der Waals surface area contributed by atoms with Gasteiger partial charge in [-0.25, -0.2) is 4.79 Å². The molecule has 2 unspecified atom stereocenters. The van der Waals surface area contributed by atoms with Crippen molar-refractivity contribution in [1.29, 1.82) is 0 Å². The Morgan fingerprint density at radius 1 is 1.11 bits per heavy atom. The van der Waals surface area contributed by atoms with Gasteiger partial charge in [0, 0.05) is 6.04 Å². The molecule has 144 valence electrons. The third kappa shape index (κ3) is 5.24. The molecule has 0 spiro atoms. The number of halogens is 2. The number of esters is 1. The minimum atomic E-state index is -3.13. The third-order valence-electron chi connectivity index (χ3n) is 4.01. The fourth-order valence-electron chi connectivity index (χ4n) is 2.44. The molecule has 0 saturated carbocycles. The van der Waals surface area contributed by atoms with Crippen LogP contribution in [0.2, 0.25) is 0 Å². The van der Waals surface area contributed by atoms with E-state index in [4.69, 9.17) is 5.73 Å². The predicted octanol–water partition coefficient (Wildman–Crippen LogP) is 3.35. The molecule has 3 N–H and O–H groups in total. The summed E-state index contributed by atoms with van der Waals surface area (Å²) in [7, 11) is 1.16. The van der Waals surface area contributed by atoms with Gasteiger partial charge < -0.3 is 20.5 Å². The van der Waals surface area contributed by atoms with Gasteiger partial charge >= 0.3 is 12.6 Å². The molecule has 2 aromatic carbocycles. The number of carbonyl (C=O) groups excluding carboxylic acids is 2. The Labute approximate surface area is 155 Å². The van der Waals surface area contributed by atoms with Crippen LogP contribution in [0.3, 0.4) is 0 Å². The van der Waals surface area contributed by atoms with Gasteiger partial charge in [0.05, 0.1) is 24.3 Å². The van der Waals surface area contributed by atoms with Crippen LogP contribution in [0.15, 0.2) is 48.5 Å². The number of amides is 1. The van der Waals surface area contributed by atoms with Crippen molar-refractivity contribution < 1.29 is 27.8 Å². The number of rotatable bonds is 7. The fourth-order valence-corrected chi connectivity index (χ4v) is 2.44. The second kappa shape index (κ2) is 9.09. The maximum Gasteiger partial charge on any atom is 0.387 e. The molecule has 0 saturated heterocycles. The second-order valence-corrected chi connectivity index (χ2v) is 5.80. The lowest BCUT2D eigenvalue weighted by Crippen LogP contribution is -2.30. The average molecular weight is 378 g/mol. The van der Waals surface area contributed by atoms with Gasteiger partial charge in [-0.3, -0.25) is 4.79 Å². The Balaban J connectivity index is 2.21. The van der Waals surface area contributed by atoms with Crippen molar-refractivity contribution in [2.45, 2.75) is 19.6 Å². The zero-order valence-electron chi connectivity index (χ0n) is 14.8. The van der Waals surface area contributed by atoms with E-state index < -0.39 is 30.4 Å². The van der Waals surface area contributed by atoms with Crippen molar-refractivity contribution in [2.24, 2.45) is 11.7 Å². The molecule has 2 rings (SSSR count). The van der Waals surface area contributed by atoms with Crippen molar-refractivity contribution in [3.8, 4) is 5.75 Å². The second-order valence-electron chi connectivity index (χ2n) is 5.80. The quantitative estimate of drug-likeness (QED) is 0.721. The SMILES string of the molecule is COC(=O)c1ccc(NC(=O)C(C)C(N)c2ccccc2)c(OC(F)F)c1. The van der Waals surface area contributed by atoms with E-state index in [-0.39, 0.29) is 17.0 Å². The van der Waals surface area contributed by atoms with Gasteiger partial charge in [0.1, 0.15) is 5.75 Å². The van der Waals surface area contributed by atoms with Gasteiger partial charge in [-0.15, -0.1) is 0 Å². The van der Waals surface area contributed by atoms with Gasteiger partial charge in [-0.2, -0.15) is 8.78 Å². The largest absolute Gasteiger partial charge is 0.465 e. The number of hydrogen-bond donors (Lipinski definition) is 2. The maximum absolute atomic E-state index is 12.7. The molecular formula is C19H20F2N2O4. The number of anilines is 1. The maximum atomic E-state index is 12.7. The highest BCUT2D eigenvalue weighted by Crippen LogP contribution is 2.29. The van der Waals surface area contributed by atoms with E-state index in [2.05, 4.69) is 14.8 Å². The van der Waals surface area contributed by atoms with Crippen LogP contribution in [0.1, 0.15) is 28.9 Å². The van der Waals surface area contributed by atoms with Crippen LogP contribution in [0.25, 0.3) is 0 Å². The molecule has 0 heterocycles. The Morgan fingerprint density at radius 3 is 2.37 bits per heavy atom. The lowest BCUT2D eigenvalue weighted by molar-refractivity contribution is -0.120. The van der Waals surface area contributed by atoms with Gasteiger partial charge in [-0.1, -0.05) is 37.3 Å². The van der Waals surface area contributed by atoms with E-state index in [9.17, 15) is 18.4 Å². The smallest absolute Gasteiger partial charge is 0.387 e. The Kier molecular flexibility index (Phi) is 6.84. The molecule has 0 aliphatic heterocycles. The van der Waals surface area contributed by atoms with Gasteiger partial charge in [0.2, 0.25) is 5.91 Å². The van der Waals surface area contributed by atoms with E-state index in [1.165, 1.54) is 12.1 Å². The van der Waals surface area contributed by atoms with E-state index in [1.807, 2.05) is 6.07 Å². The lowest BCUT2D eigenvalue weighted by Gasteiger charge is -2.21. The first-order chi connectivity index (χ1) is 12.8. The van der Waals surface area contributed by atoms with Crippen molar-refractivity contribution in [2.75, 3.05) is 12.4 Å². The van der Waals surface area contributed by atoms with Crippen molar-refractivity contribution >= 4 is 17.6 Å². The summed E-state index contributed by atoms with van der Waals surface area (Å²) >= 11 is 0. The normalized spacial score (nSPS) is 13.0. The van der Waals surface area contributed by atoms with Crippen LogP contribution >= 0.6 is 0 Å². The highest BCUT2D eigenvalue weighted by atomic mass is 19.3. The monoisotopic (exact) mass is 378 g/mol. The van der Waals surface area contributed by atoms with Crippen molar-refractivity contribution in [3.63, 3.8) is 0 Å². The van der Waals surface area contributed by atoms with Crippen LogP contribution in [0, 0.1) is 5.92 Å². The average Bonchev–Trinajstić information content (AvgIpc) is 2.67. The number of alkyl halides is 2. The Hall–Kier alpha value is -3.00. The van der Waals surface area contributed by atoms with Crippen LogP contribution < -0.4 is 15.8 Å². The summed E-state index contributed by atoms with van der Waals surface area (Å²) in [5.74, 6) is -2.18. The van der Waals surface area contributed by atoms with Crippen LogP contribution in [0.4, 0.5) is 14.5 Å². The number of nitrogens with one attached hydrogen (secondary N) is 1. The van der Waals surface area contributed by atoms with Gasteiger partial charge in [0.15, 0.2) is 0 Å². The predicted molar refractivity (Wildman–Crippen MR) is 95.6 cm³/mol. The summed E-state index contributed by atoms with van der Waals surface area (Å²) in [5.41, 5.74) is 6.90. The number of methoxy groups -OCH3 is 1. The summed E-state index contributed by atoms with van der Waals surface area (Å²) in [5, 5.41) is 2.52. The first-order valence-electron chi connectivity index (χ1n) is 8.12. The highest BCUT2D eigenvalue weighted by Gasteiger charge is 2.24. The fraction of sp³-hybridized carbons (Fsp3) is 0.263. The third-order valence-corrected chi connectivity index (χ3v) is 4.01. The first-order valence-corrected chi connectivity index (χ1v) is 8.12. The standard InChI is InChI=1S/C19H20F2N2O4/c1-11(16(22)12-6-4-3-5-7-12)17(24)23-14-9-8-13(18(25)26-2)10-15(14)27-19(20)21/h3-11,16,19H,22H2,1-2H3,(H,23,24). The molecule has 27 heavy (non-hydrogen) atoms. The molecule has 0 radical (unpaired) electrons. The molecule has 6 nitrogen and oxygen atoms in total. The summed E-state index contributed by atoms with van der Waals surface area (Å²) in [6.45, 7) is -1.50. The minimum absolute atomic E-state index is 0.0000599. The molecule has 0 aliphatic carbocycles. The minimum Gasteiger partial charge on any atom is -0.465 e. The number of hydrogen-bond acceptors (Lipinski definition) is 5. The molecule has 0 fully saturated rings. The number of ether oxygens (including phenoxy) is 2. The van der Waals surface area contributed by atoms with Crippen LogP contribution in [0.5, 0.6) is 5.75 Å². The van der Waals surface area contributed by atoms with E-state index >= 15 is 0 Å². The molecule has 0 aliphatic rings. The molecular weight excluding hydrogens is 358 g/mol. The lowest BCUT2D eigenvalue weighted by atomic mass is 9.94. The van der Waals surface area contributed by atoms with Gasteiger partial charge in [0.25, 0.3) is 0 Å². The molecule has 8 heteroatoms.